The minimum atomic E-state index is -2.29. The van der Waals surface area contributed by atoms with Crippen molar-refractivity contribution in [3.63, 3.8) is 0 Å². The molecule has 0 heterocycles. The molecule has 1 nitrogen and oxygen atoms in total. The first kappa shape index (κ1) is 18.2. The van der Waals surface area contributed by atoms with Crippen LogP contribution in [-0.4, -0.2) is 22.5 Å². The van der Waals surface area contributed by atoms with E-state index in [9.17, 15) is 13.6 Å². The highest BCUT2D eigenvalue weighted by Crippen LogP contribution is 2.71. The van der Waals surface area contributed by atoms with Crippen molar-refractivity contribution in [2.75, 3.05) is 0 Å². The van der Waals surface area contributed by atoms with Crippen molar-refractivity contribution < 1.29 is 13.6 Å². The molecule has 0 aromatic carbocycles. The van der Waals surface area contributed by atoms with Crippen molar-refractivity contribution in [3.05, 3.63) is 11.6 Å². The Kier molecular flexibility index (Phi) is 4.14. The van der Waals surface area contributed by atoms with Crippen molar-refractivity contribution in [1.29, 1.82) is 0 Å². The van der Waals surface area contributed by atoms with Gasteiger partial charge in [-0.2, -0.15) is 0 Å². The fraction of sp³-hybridized carbons (Fsp3) is 0.850. The number of alkyl halides is 4. The van der Waals surface area contributed by atoms with Crippen molar-refractivity contribution in [2.24, 2.45) is 28.6 Å². The number of rotatable bonds is 1. The summed E-state index contributed by atoms with van der Waals surface area (Å²) in [5.41, 5.74) is 0.404. The second-order valence-electron chi connectivity index (χ2n) is 9.18. The van der Waals surface area contributed by atoms with E-state index in [4.69, 9.17) is 23.2 Å². The van der Waals surface area contributed by atoms with E-state index in [1.165, 1.54) is 0 Å². The number of carbonyl (C=O) groups is 1. The van der Waals surface area contributed by atoms with E-state index in [2.05, 4.69) is 6.92 Å². The molecule has 5 heteroatoms. The minimum Gasteiger partial charge on any atom is -0.295 e. The number of hydrogen-bond acceptors (Lipinski definition) is 1. The molecule has 3 fully saturated rings. The molecule has 4 aliphatic carbocycles. The Labute approximate surface area is 158 Å². The SMILES string of the molecule is C[C@]12C[C@H](Cl)[C@@]3(Cl)[C@@H](CCC4=CC(=O)CC[C@@]43C)[C@@H]1CC[C@@H]2C(F)F. The standard InChI is InChI=1S/C20H26Cl2F2O/c1-18-10-16(21)20(22)14(13(18)5-6-15(18)17(23)24)4-3-11-9-12(25)7-8-19(11,20)2/h9,13-17H,3-8,10H2,1-2H3/t13-,14-,15+,16-,18-,19-,20-/m0/s1. The van der Waals surface area contributed by atoms with Crippen LogP contribution in [0.2, 0.25) is 0 Å². The van der Waals surface area contributed by atoms with Crippen LogP contribution in [0.5, 0.6) is 0 Å². The Bertz CT molecular complexity index is 635. The number of allylic oxidation sites excluding steroid dienone is 1. The van der Waals surface area contributed by atoms with Crippen LogP contribution in [0.3, 0.4) is 0 Å². The molecular weight excluding hydrogens is 365 g/mol. The lowest BCUT2D eigenvalue weighted by Crippen LogP contribution is -2.65. The molecule has 0 saturated heterocycles. The molecule has 0 radical (unpaired) electrons. The first-order valence-electron chi connectivity index (χ1n) is 9.49. The lowest BCUT2D eigenvalue weighted by Gasteiger charge is -2.64. The van der Waals surface area contributed by atoms with Gasteiger partial charge in [-0.3, -0.25) is 4.79 Å². The second-order valence-corrected chi connectivity index (χ2v) is 10.3. The molecule has 0 unspecified atom stereocenters. The number of hydrogen-bond donors (Lipinski definition) is 0. The Balaban J connectivity index is 1.78. The molecule has 0 aromatic rings. The zero-order valence-corrected chi connectivity index (χ0v) is 16.3. The van der Waals surface area contributed by atoms with Gasteiger partial charge in [-0.15, -0.1) is 23.2 Å². The van der Waals surface area contributed by atoms with Crippen LogP contribution in [0.1, 0.15) is 58.8 Å². The second kappa shape index (κ2) is 5.67. The van der Waals surface area contributed by atoms with Crippen LogP contribution in [-0.2, 0) is 4.79 Å². The largest absolute Gasteiger partial charge is 0.295 e. The third kappa shape index (κ3) is 2.21. The molecule has 3 saturated carbocycles. The summed E-state index contributed by atoms with van der Waals surface area (Å²) in [6.45, 7) is 4.17. The molecule has 140 valence electrons. The summed E-state index contributed by atoms with van der Waals surface area (Å²) in [5, 5.41) is -0.346. The molecule has 4 aliphatic rings. The Morgan fingerprint density at radius 1 is 1.16 bits per heavy atom. The zero-order chi connectivity index (χ0) is 18.2. The van der Waals surface area contributed by atoms with Gasteiger partial charge in [0.25, 0.3) is 0 Å². The summed E-state index contributed by atoms with van der Waals surface area (Å²) in [4.78, 5) is 11.3. The molecule has 0 aromatic heterocycles. The maximum Gasteiger partial charge on any atom is 0.241 e. The Morgan fingerprint density at radius 3 is 2.56 bits per heavy atom. The van der Waals surface area contributed by atoms with Gasteiger partial charge in [0, 0.05) is 17.8 Å². The van der Waals surface area contributed by atoms with Crippen LogP contribution >= 0.6 is 23.2 Å². The Hall–Kier alpha value is -0.150. The van der Waals surface area contributed by atoms with Crippen LogP contribution in [0.15, 0.2) is 11.6 Å². The topological polar surface area (TPSA) is 17.1 Å². The van der Waals surface area contributed by atoms with E-state index in [-0.39, 0.29) is 28.4 Å². The summed E-state index contributed by atoms with van der Waals surface area (Å²) in [5.74, 6) is -0.0428. The normalized spacial score (nSPS) is 52.4. The molecular formula is C20H26Cl2F2O. The van der Waals surface area contributed by atoms with Gasteiger partial charge in [0.2, 0.25) is 6.43 Å². The molecule has 0 bridgehead atoms. The van der Waals surface area contributed by atoms with Gasteiger partial charge in [0.05, 0.1) is 10.3 Å². The minimum absolute atomic E-state index is 0.148. The first-order chi connectivity index (χ1) is 11.6. The summed E-state index contributed by atoms with van der Waals surface area (Å²) in [6.07, 6.45) is 4.38. The predicted molar refractivity (Wildman–Crippen MR) is 96.3 cm³/mol. The van der Waals surface area contributed by atoms with Crippen molar-refractivity contribution in [1.82, 2.24) is 0 Å². The lowest BCUT2D eigenvalue weighted by atomic mass is 9.46. The van der Waals surface area contributed by atoms with Crippen molar-refractivity contribution in [3.8, 4) is 0 Å². The smallest absolute Gasteiger partial charge is 0.241 e. The van der Waals surface area contributed by atoms with Crippen molar-refractivity contribution in [2.45, 2.75) is 75.5 Å². The molecule has 7 atom stereocenters. The van der Waals surface area contributed by atoms with E-state index in [1.54, 1.807) is 6.08 Å². The number of halogens is 4. The van der Waals surface area contributed by atoms with E-state index >= 15 is 0 Å². The van der Waals surface area contributed by atoms with Gasteiger partial charge in [0.15, 0.2) is 5.78 Å². The monoisotopic (exact) mass is 390 g/mol. The highest BCUT2D eigenvalue weighted by molar-refractivity contribution is 6.33. The fourth-order valence-corrected chi connectivity index (χ4v) is 8.24. The molecule has 0 aliphatic heterocycles. The quantitative estimate of drug-likeness (QED) is 0.503. The van der Waals surface area contributed by atoms with Gasteiger partial charge in [-0.1, -0.05) is 19.4 Å². The van der Waals surface area contributed by atoms with Crippen LogP contribution in [0, 0.1) is 28.6 Å². The highest BCUT2D eigenvalue weighted by Gasteiger charge is 2.69. The Morgan fingerprint density at radius 2 is 1.88 bits per heavy atom. The summed E-state index contributed by atoms with van der Waals surface area (Å²) < 4.78 is 27.3. The lowest BCUT2D eigenvalue weighted by molar-refractivity contribution is -0.117. The van der Waals surface area contributed by atoms with Gasteiger partial charge in [-0.25, -0.2) is 8.78 Å². The zero-order valence-electron chi connectivity index (χ0n) is 14.8. The van der Waals surface area contributed by atoms with Crippen LogP contribution in [0.4, 0.5) is 8.78 Å². The van der Waals surface area contributed by atoms with E-state index in [0.717, 1.165) is 31.3 Å². The molecule has 0 amide bonds. The van der Waals surface area contributed by atoms with Crippen molar-refractivity contribution >= 4 is 29.0 Å². The number of fused-ring (bicyclic) bond motifs is 5. The van der Waals surface area contributed by atoms with Gasteiger partial charge in [0.1, 0.15) is 0 Å². The number of carbonyl (C=O) groups excluding carboxylic acids is 1. The molecule has 25 heavy (non-hydrogen) atoms. The first-order valence-corrected chi connectivity index (χ1v) is 10.3. The molecule has 4 rings (SSSR count). The third-order valence-corrected chi connectivity index (χ3v) is 9.94. The average Bonchev–Trinajstić information content (AvgIpc) is 2.87. The van der Waals surface area contributed by atoms with E-state index in [0.29, 0.717) is 19.3 Å². The van der Waals surface area contributed by atoms with Crippen LogP contribution < -0.4 is 0 Å². The summed E-state index contributed by atoms with van der Waals surface area (Å²) in [6, 6.07) is 0. The fourth-order valence-electron chi connectivity index (χ4n) is 6.95. The molecule has 0 N–H and O–H groups in total. The van der Waals surface area contributed by atoms with Gasteiger partial charge < -0.3 is 0 Å². The summed E-state index contributed by atoms with van der Waals surface area (Å²) in [7, 11) is 0. The summed E-state index contributed by atoms with van der Waals surface area (Å²) >= 11 is 14.3. The maximum absolute atomic E-state index is 13.7. The molecule has 0 spiro atoms. The highest BCUT2D eigenvalue weighted by atomic mass is 35.5. The predicted octanol–water partition coefficient (Wildman–Crippen LogP) is 5.98. The van der Waals surface area contributed by atoms with Gasteiger partial charge >= 0.3 is 0 Å². The van der Waals surface area contributed by atoms with Gasteiger partial charge in [-0.05, 0) is 61.9 Å². The maximum atomic E-state index is 13.7. The van der Waals surface area contributed by atoms with Crippen LogP contribution in [0.25, 0.3) is 0 Å². The average molecular weight is 391 g/mol. The van der Waals surface area contributed by atoms with E-state index in [1.807, 2.05) is 6.92 Å². The number of ketones is 1. The third-order valence-electron chi connectivity index (χ3n) is 8.37. The van der Waals surface area contributed by atoms with E-state index < -0.39 is 22.6 Å².